The highest BCUT2D eigenvalue weighted by atomic mass is 32.1. The molecule has 8 heteroatoms. The van der Waals surface area contributed by atoms with Gasteiger partial charge in [0.15, 0.2) is 11.5 Å². The SMILES string of the molecule is CCCCOC(=O)C(C)n1cnc2scc(-c3ccc(OC)c(OC)c3)c2c1=O. The summed E-state index contributed by atoms with van der Waals surface area (Å²) in [7, 11) is 3.13. The Bertz CT molecular complexity index is 1070. The van der Waals surface area contributed by atoms with Crippen LogP contribution in [0.5, 0.6) is 11.5 Å². The highest BCUT2D eigenvalue weighted by Gasteiger charge is 2.21. The van der Waals surface area contributed by atoms with Crippen LogP contribution in [0.2, 0.25) is 0 Å². The van der Waals surface area contributed by atoms with Crippen molar-refractivity contribution in [3.05, 3.63) is 40.3 Å². The first-order valence-corrected chi connectivity index (χ1v) is 10.3. The maximum atomic E-state index is 13.2. The summed E-state index contributed by atoms with van der Waals surface area (Å²) in [6.45, 7) is 4.01. The first-order valence-electron chi connectivity index (χ1n) is 9.39. The molecule has 1 atom stereocenters. The third-order valence-electron chi connectivity index (χ3n) is 4.71. The first kappa shape index (κ1) is 20.9. The number of ether oxygens (including phenoxy) is 3. The van der Waals surface area contributed by atoms with E-state index in [1.54, 1.807) is 27.2 Å². The lowest BCUT2D eigenvalue weighted by atomic mass is 10.1. The molecular weight excluding hydrogens is 392 g/mol. The van der Waals surface area contributed by atoms with Crippen LogP contribution in [0.25, 0.3) is 21.3 Å². The van der Waals surface area contributed by atoms with Crippen molar-refractivity contribution in [3.63, 3.8) is 0 Å². The number of rotatable bonds is 8. The molecule has 0 radical (unpaired) electrons. The molecule has 0 aliphatic rings. The fraction of sp³-hybridized carbons (Fsp3) is 0.381. The fourth-order valence-electron chi connectivity index (χ4n) is 2.99. The predicted molar refractivity (Wildman–Crippen MR) is 113 cm³/mol. The molecule has 1 unspecified atom stereocenters. The van der Waals surface area contributed by atoms with Crippen LogP contribution < -0.4 is 15.0 Å². The summed E-state index contributed by atoms with van der Waals surface area (Å²) in [5, 5.41) is 2.35. The van der Waals surface area contributed by atoms with E-state index in [9.17, 15) is 9.59 Å². The molecule has 0 saturated heterocycles. The second-order valence-electron chi connectivity index (χ2n) is 6.55. The van der Waals surface area contributed by atoms with Gasteiger partial charge in [-0.1, -0.05) is 19.4 Å². The van der Waals surface area contributed by atoms with Gasteiger partial charge in [0.25, 0.3) is 5.56 Å². The van der Waals surface area contributed by atoms with E-state index in [0.29, 0.717) is 28.3 Å². The monoisotopic (exact) mass is 416 g/mol. The Hall–Kier alpha value is -2.87. The number of unbranched alkanes of at least 4 members (excludes halogenated alkanes) is 1. The molecule has 0 N–H and O–H groups in total. The Labute approximate surface area is 172 Å². The second kappa shape index (κ2) is 9.09. The Balaban J connectivity index is 2.03. The van der Waals surface area contributed by atoms with Crippen molar-refractivity contribution in [1.82, 2.24) is 9.55 Å². The van der Waals surface area contributed by atoms with E-state index >= 15 is 0 Å². The number of methoxy groups -OCH3 is 2. The lowest BCUT2D eigenvalue weighted by Crippen LogP contribution is -2.29. The van der Waals surface area contributed by atoms with Crippen molar-refractivity contribution >= 4 is 27.5 Å². The quantitative estimate of drug-likeness (QED) is 0.407. The molecule has 0 aliphatic heterocycles. The zero-order valence-corrected chi connectivity index (χ0v) is 17.7. The molecule has 0 fully saturated rings. The molecule has 0 bridgehead atoms. The second-order valence-corrected chi connectivity index (χ2v) is 7.41. The van der Waals surface area contributed by atoms with E-state index in [0.717, 1.165) is 24.0 Å². The summed E-state index contributed by atoms with van der Waals surface area (Å²) in [6, 6.07) is 4.72. The summed E-state index contributed by atoms with van der Waals surface area (Å²) in [6.07, 6.45) is 3.13. The van der Waals surface area contributed by atoms with Crippen LogP contribution >= 0.6 is 11.3 Å². The summed E-state index contributed by atoms with van der Waals surface area (Å²) < 4.78 is 17.3. The number of benzene rings is 1. The van der Waals surface area contributed by atoms with E-state index in [-0.39, 0.29) is 5.56 Å². The van der Waals surface area contributed by atoms with Crippen molar-refractivity contribution in [2.45, 2.75) is 32.7 Å². The number of esters is 1. The number of hydrogen-bond acceptors (Lipinski definition) is 7. The largest absolute Gasteiger partial charge is 0.493 e. The van der Waals surface area contributed by atoms with Gasteiger partial charge < -0.3 is 14.2 Å². The van der Waals surface area contributed by atoms with Crippen LogP contribution in [0.1, 0.15) is 32.7 Å². The molecular formula is C21H24N2O5S. The van der Waals surface area contributed by atoms with Gasteiger partial charge >= 0.3 is 5.97 Å². The van der Waals surface area contributed by atoms with Crippen molar-refractivity contribution in [3.8, 4) is 22.6 Å². The fourth-order valence-corrected chi connectivity index (χ4v) is 3.90. The van der Waals surface area contributed by atoms with E-state index < -0.39 is 12.0 Å². The third-order valence-corrected chi connectivity index (χ3v) is 5.60. The lowest BCUT2D eigenvalue weighted by molar-refractivity contribution is -0.147. The summed E-state index contributed by atoms with van der Waals surface area (Å²) >= 11 is 1.38. The van der Waals surface area contributed by atoms with Crippen molar-refractivity contribution in [2.24, 2.45) is 0 Å². The molecule has 1 aromatic carbocycles. The summed E-state index contributed by atoms with van der Waals surface area (Å²) in [5.41, 5.74) is 1.27. The molecule has 0 amide bonds. The molecule has 2 heterocycles. The van der Waals surface area contributed by atoms with Gasteiger partial charge in [-0.15, -0.1) is 11.3 Å². The van der Waals surface area contributed by atoms with Gasteiger partial charge in [-0.05, 0) is 31.0 Å². The summed E-state index contributed by atoms with van der Waals surface area (Å²) in [5.74, 6) is 0.737. The highest BCUT2D eigenvalue weighted by molar-refractivity contribution is 7.17. The van der Waals surface area contributed by atoms with E-state index in [1.165, 1.54) is 22.2 Å². The molecule has 0 spiro atoms. The molecule has 7 nitrogen and oxygen atoms in total. The smallest absolute Gasteiger partial charge is 0.328 e. The number of fused-ring (bicyclic) bond motifs is 1. The maximum absolute atomic E-state index is 13.2. The molecule has 2 aromatic heterocycles. The zero-order valence-electron chi connectivity index (χ0n) is 16.9. The number of carbonyl (C=O) groups excluding carboxylic acids is 1. The highest BCUT2D eigenvalue weighted by Crippen LogP contribution is 2.36. The molecule has 3 aromatic rings. The average Bonchev–Trinajstić information content (AvgIpc) is 3.18. The number of thiophene rings is 1. The van der Waals surface area contributed by atoms with Gasteiger partial charge in [-0.3, -0.25) is 9.36 Å². The number of hydrogen-bond donors (Lipinski definition) is 0. The molecule has 3 rings (SSSR count). The first-order chi connectivity index (χ1) is 14.0. The minimum atomic E-state index is -0.755. The third kappa shape index (κ3) is 4.12. The Morgan fingerprint density at radius 3 is 2.69 bits per heavy atom. The van der Waals surface area contributed by atoms with Crippen LogP contribution in [-0.4, -0.2) is 36.3 Å². The average molecular weight is 416 g/mol. The molecule has 154 valence electrons. The van der Waals surface area contributed by atoms with Crippen LogP contribution in [0.4, 0.5) is 0 Å². The van der Waals surface area contributed by atoms with Gasteiger partial charge in [0.1, 0.15) is 10.9 Å². The van der Waals surface area contributed by atoms with Crippen molar-refractivity contribution < 1.29 is 19.0 Å². The van der Waals surface area contributed by atoms with Crippen LogP contribution in [0.3, 0.4) is 0 Å². The predicted octanol–water partition coefficient (Wildman–Crippen LogP) is 4.05. The minimum absolute atomic E-state index is 0.277. The minimum Gasteiger partial charge on any atom is -0.493 e. The van der Waals surface area contributed by atoms with Crippen molar-refractivity contribution in [1.29, 1.82) is 0 Å². The van der Waals surface area contributed by atoms with E-state index in [1.807, 2.05) is 24.4 Å². The molecule has 0 aliphatic carbocycles. The Kier molecular flexibility index (Phi) is 6.53. The Morgan fingerprint density at radius 1 is 1.24 bits per heavy atom. The standard InChI is InChI=1S/C21H24N2O5S/c1-5-6-9-28-21(25)13(2)23-12-22-19-18(20(23)24)15(11-29-19)14-7-8-16(26-3)17(10-14)27-4/h7-8,10-13H,5-6,9H2,1-4H3. The van der Waals surface area contributed by atoms with Gasteiger partial charge in [-0.25, -0.2) is 9.78 Å². The van der Waals surface area contributed by atoms with Gasteiger partial charge in [0, 0.05) is 10.9 Å². The van der Waals surface area contributed by atoms with Crippen LogP contribution in [0.15, 0.2) is 34.7 Å². The van der Waals surface area contributed by atoms with Gasteiger partial charge in [-0.2, -0.15) is 0 Å². The Morgan fingerprint density at radius 2 is 2.00 bits per heavy atom. The molecule has 0 saturated carbocycles. The normalized spacial score (nSPS) is 12.0. The van der Waals surface area contributed by atoms with Crippen molar-refractivity contribution in [2.75, 3.05) is 20.8 Å². The summed E-state index contributed by atoms with van der Waals surface area (Å²) in [4.78, 5) is 30.5. The maximum Gasteiger partial charge on any atom is 0.328 e. The topological polar surface area (TPSA) is 79.7 Å². The number of carbonyl (C=O) groups is 1. The van der Waals surface area contributed by atoms with Gasteiger partial charge in [0.05, 0.1) is 32.5 Å². The van der Waals surface area contributed by atoms with Crippen LogP contribution in [-0.2, 0) is 9.53 Å². The van der Waals surface area contributed by atoms with E-state index in [2.05, 4.69) is 4.98 Å². The lowest BCUT2D eigenvalue weighted by Gasteiger charge is -2.14. The zero-order chi connectivity index (χ0) is 21.0. The molecule has 29 heavy (non-hydrogen) atoms. The van der Waals surface area contributed by atoms with Crippen LogP contribution in [0, 0.1) is 0 Å². The number of aromatic nitrogens is 2. The number of nitrogens with zero attached hydrogens (tertiary/aromatic N) is 2. The van der Waals surface area contributed by atoms with Gasteiger partial charge in [0.2, 0.25) is 0 Å². The van der Waals surface area contributed by atoms with E-state index in [4.69, 9.17) is 14.2 Å².